The SMILES string of the molecule is CC(C)(C)OC(=O)N1CCC[C@@H](N(C(=O)c2ccc(B(O)O)cn2)c2nccc3cc(F)ccc23)C1. The smallest absolute Gasteiger partial charge is 0.444 e. The van der Waals surface area contributed by atoms with Crippen LogP contribution in [0.25, 0.3) is 10.8 Å². The molecule has 3 aromatic rings. The van der Waals surface area contributed by atoms with Crippen LogP contribution in [0.2, 0.25) is 0 Å². The number of carbonyl (C=O) groups excluding carboxylic acids is 2. The summed E-state index contributed by atoms with van der Waals surface area (Å²) in [6.07, 6.45) is 3.49. The second kappa shape index (κ2) is 10.2. The number of piperidine rings is 1. The highest BCUT2D eigenvalue weighted by Gasteiger charge is 2.35. The number of hydrogen-bond acceptors (Lipinski definition) is 7. The molecule has 4 rings (SSSR count). The second-order valence-electron chi connectivity index (χ2n) is 9.75. The van der Waals surface area contributed by atoms with Crippen LogP contribution in [0.15, 0.2) is 48.8 Å². The molecule has 1 fully saturated rings. The summed E-state index contributed by atoms with van der Waals surface area (Å²) in [6, 6.07) is 8.26. The van der Waals surface area contributed by atoms with Gasteiger partial charge in [0.1, 0.15) is 22.9 Å². The van der Waals surface area contributed by atoms with Crippen molar-refractivity contribution in [2.45, 2.75) is 45.3 Å². The number of halogens is 1. The van der Waals surface area contributed by atoms with Crippen LogP contribution in [0.4, 0.5) is 15.0 Å². The first-order chi connectivity index (χ1) is 17.0. The van der Waals surface area contributed by atoms with Crippen molar-refractivity contribution in [3.8, 4) is 0 Å². The van der Waals surface area contributed by atoms with Crippen LogP contribution in [0.3, 0.4) is 0 Å². The first-order valence-electron chi connectivity index (χ1n) is 11.7. The van der Waals surface area contributed by atoms with Crippen molar-refractivity contribution >= 4 is 41.2 Å². The summed E-state index contributed by atoms with van der Waals surface area (Å²) in [5.74, 6) is -0.568. The molecule has 36 heavy (non-hydrogen) atoms. The molecule has 2 aromatic heterocycles. The van der Waals surface area contributed by atoms with Gasteiger partial charge in [-0.2, -0.15) is 0 Å². The standard InChI is InChI=1S/C25H28BFN4O5/c1-25(2,3)36-24(33)30-12-4-5-19(15-30)31(23(32)21-9-6-17(14-29-21)26(34)35)22-20-8-7-18(27)13-16(20)10-11-28-22/h6-11,13-14,19,34-35H,4-5,12,15H2,1-3H3/t19-/m1/s1. The highest BCUT2D eigenvalue weighted by molar-refractivity contribution is 6.58. The zero-order valence-corrected chi connectivity index (χ0v) is 20.4. The minimum Gasteiger partial charge on any atom is -0.444 e. The van der Waals surface area contributed by atoms with Crippen LogP contribution in [-0.4, -0.2) is 68.8 Å². The molecular formula is C25H28BFN4O5. The average Bonchev–Trinajstić information content (AvgIpc) is 2.83. The number of likely N-dealkylation sites (tertiary alicyclic amines) is 1. The molecule has 0 saturated carbocycles. The third-order valence-electron chi connectivity index (χ3n) is 5.87. The Hall–Kier alpha value is -3.57. The van der Waals surface area contributed by atoms with E-state index in [1.807, 2.05) is 0 Å². The van der Waals surface area contributed by atoms with Gasteiger partial charge >= 0.3 is 13.2 Å². The molecule has 0 radical (unpaired) electrons. The van der Waals surface area contributed by atoms with Crippen LogP contribution in [0, 0.1) is 5.82 Å². The van der Waals surface area contributed by atoms with Gasteiger partial charge in [0.25, 0.3) is 5.91 Å². The van der Waals surface area contributed by atoms with E-state index >= 15 is 0 Å². The highest BCUT2D eigenvalue weighted by atomic mass is 19.1. The van der Waals surface area contributed by atoms with Crippen molar-refractivity contribution in [2.75, 3.05) is 18.0 Å². The summed E-state index contributed by atoms with van der Waals surface area (Å²) in [4.78, 5) is 38.3. The van der Waals surface area contributed by atoms with E-state index < -0.39 is 36.6 Å². The molecule has 9 nitrogen and oxygen atoms in total. The monoisotopic (exact) mass is 494 g/mol. The largest absolute Gasteiger partial charge is 0.490 e. The molecule has 0 spiro atoms. The summed E-state index contributed by atoms with van der Waals surface area (Å²) >= 11 is 0. The lowest BCUT2D eigenvalue weighted by molar-refractivity contribution is 0.0196. The zero-order valence-electron chi connectivity index (χ0n) is 20.4. The van der Waals surface area contributed by atoms with E-state index in [1.165, 1.54) is 41.6 Å². The lowest BCUT2D eigenvalue weighted by Gasteiger charge is -2.39. The Balaban J connectivity index is 1.75. The van der Waals surface area contributed by atoms with Crippen molar-refractivity contribution in [1.29, 1.82) is 0 Å². The third-order valence-corrected chi connectivity index (χ3v) is 5.87. The molecular weight excluding hydrogens is 466 g/mol. The Morgan fingerprint density at radius 1 is 1.17 bits per heavy atom. The van der Waals surface area contributed by atoms with Crippen LogP contribution < -0.4 is 10.4 Å². The first-order valence-corrected chi connectivity index (χ1v) is 11.7. The fraction of sp³-hybridized carbons (Fsp3) is 0.360. The molecule has 1 atom stereocenters. The minimum absolute atomic E-state index is 0.0645. The number of rotatable bonds is 4. The van der Waals surface area contributed by atoms with E-state index in [1.54, 1.807) is 37.8 Å². The average molecular weight is 494 g/mol. The predicted octanol–water partition coefficient (Wildman–Crippen LogP) is 2.50. The number of aromatic nitrogens is 2. The number of pyridine rings is 2. The number of anilines is 1. The molecule has 0 unspecified atom stereocenters. The number of benzene rings is 1. The molecule has 1 saturated heterocycles. The van der Waals surface area contributed by atoms with Gasteiger partial charge in [-0.25, -0.2) is 14.2 Å². The maximum absolute atomic E-state index is 13.9. The lowest BCUT2D eigenvalue weighted by atomic mass is 9.82. The molecule has 0 bridgehead atoms. The van der Waals surface area contributed by atoms with Gasteiger partial charge in [0.05, 0.1) is 6.04 Å². The molecule has 1 aliphatic rings. The first kappa shape index (κ1) is 25.5. The zero-order chi connectivity index (χ0) is 26.0. The lowest BCUT2D eigenvalue weighted by Crippen LogP contribution is -2.53. The number of amides is 2. The Labute approximate surface area is 208 Å². The van der Waals surface area contributed by atoms with Crippen LogP contribution in [-0.2, 0) is 4.74 Å². The van der Waals surface area contributed by atoms with Crippen molar-refractivity contribution in [3.63, 3.8) is 0 Å². The summed E-state index contributed by atoms with van der Waals surface area (Å²) in [6.45, 7) is 6.08. The van der Waals surface area contributed by atoms with Crippen molar-refractivity contribution < 1.29 is 28.8 Å². The Kier molecular flexibility index (Phi) is 7.23. The fourth-order valence-electron chi connectivity index (χ4n) is 4.23. The molecule has 2 amide bonds. The van der Waals surface area contributed by atoms with Crippen molar-refractivity contribution in [3.05, 3.63) is 60.3 Å². The normalized spacial score (nSPS) is 16.1. The van der Waals surface area contributed by atoms with Gasteiger partial charge in [-0.3, -0.25) is 14.7 Å². The summed E-state index contributed by atoms with van der Waals surface area (Å²) in [5.41, 5.74) is -0.454. The van der Waals surface area contributed by atoms with Gasteiger partial charge in [-0.1, -0.05) is 6.07 Å². The second-order valence-corrected chi connectivity index (χ2v) is 9.75. The molecule has 188 valence electrons. The van der Waals surface area contributed by atoms with E-state index in [0.29, 0.717) is 36.0 Å². The summed E-state index contributed by atoms with van der Waals surface area (Å²) < 4.78 is 19.5. The quantitative estimate of drug-likeness (QED) is 0.536. The Bertz CT molecular complexity index is 1270. The Morgan fingerprint density at radius 2 is 1.94 bits per heavy atom. The summed E-state index contributed by atoms with van der Waals surface area (Å²) in [7, 11) is -1.71. The number of nitrogens with zero attached hydrogens (tertiary/aromatic N) is 4. The van der Waals surface area contributed by atoms with Gasteiger partial charge < -0.3 is 19.7 Å². The van der Waals surface area contributed by atoms with Gasteiger partial charge in [0.15, 0.2) is 0 Å². The van der Waals surface area contributed by atoms with Crippen molar-refractivity contribution in [2.24, 2.45) is 0 Å². The molecule has 2 N–H and O–H groups in total. The summed E-state index contributed by atoms with van der Waals surface area (Å²) in [5, 5.41) is 19.9. The fourth-order valence-corrected chi connectivity index (χ4v) is 4.23. The van der Waals surface area contributed by atoms with E-state index in [4.69, 9.17) is 4.74 Å². The van der Waals surface area contributed by atoms with E-state index in [-0.39, 0.29) is 17.7 Å². The highest BCUT2D eigenvalue weighted by Crippen LogP contribution is 2.30. The minimum atomic E-state index is -1.71. The number of ether oxygens (including phenoxy) is 1. The van der Waals surface area contributed by atoms with Gasteiger partial charge in [0.2, 0.25) is 0 Å². The van der Waals surface area contributed by atoms with Gasteiger partial charge in [0, 0.05) is 36.3 Å². The maximum atomic E-state index is 13.9. The molecule has 11 heteroatoms. The van der Waals surface area contributed by atoms with Crippen LogP contribution >= 0.6 is 0 Å². The van der Waals surface area contributed by atoms with E-state index in [0.717, 1.165) is 0 Å². The number of fused-ring (bicyclic) bond motifs is 1. The van der Waals surface area contributed by atoms with E-state index in [2.05, 4.69) is 9.97 Å². The van der Waals surface area contributed by atoms with E-state index in [9.17, 15) is 24.0 Å². The van der Waals surface area contributed by atoms with Crippen LogP contribution in [0.1, 0.15) is 44.1 Å². The van der Waals surface area contributed by atoms with Crippen molar-refractivity contribution in [1.82, 2.24) is 14.9 Å². The topological polar surface area (TPSA) is 116 Å². The number of hydrogen-bond donors (Lipinski definition) is 2. The van der Waals surface area contributed by atoms with Gasteiger partial charge in [-0.15, -0.1) is 0 Å². The molecule has 1 aromatic carbocycles. The van der Waals surface area contributed by atoms with Gasteiger partial charge in [-0.05, 0) is 69.3 Å². The molecule has 0 aliphatic carbocycles. The molecule has 3 heterocycles. The maximum Gasteiger partial charge on any atom is 0.490 e. The Morgan fingerprint density at radius 3 is 2.61 bits per heavy atom. The third kappa shape index (κ3) is 5.63. The molecule has 1 aliphatic heterocycles. The van der Waals surface area contributed by atoms with Crippen LogP contribution in [0.5, 0.6) is 0 Å². The number of carbonyl (C=O) groups is 2. The predicted molar refractivity (Wildman–Crippen MR) is 133 cm³/mol.